The second kappa shape index (κ2) is 10.4. The number of anilines is 1. The summed E-state index contributed by atoms with van der Waals surface area (Å²) < 4.78 is 79.5. The molecule has 8 N–H and O–H groups in total. The second-order valence-corrected chi connectivity index (χ2v) is 11.3. The van der Waals surface area contributed by atoms with Gasteiger partial charge in [-0.05, 0) is 13.8 Å². The average Bonchev–Trinajstić information content (AvgIpc) is 3.05. The van der Waals surface area contributed by atoms with Gasteiger partial charge in [-0.25, -0.2) is 27.5 Å². The number of fused-ring (bicyclic) bond motifs is 1. The van der Waals surface area contributed by atoms with E-state index in [1.165, 1.54) is 0 Å². The lowest BCUT2D eigenvalue weighted by atomic mass is 10.1. The molecule has 35 heavy (non-hydrogen) atoms. The maximum absolute atomic E-state index is 15.0. The summed E-state index contributed by atoms with van der Waals surface area (Å²) in [6, 6.07) is 0. The Morgan fingerprint density at radius 1 is 1.23 bits per heavy atom. The zero-order valence-electron chi connectivity index (χ0n) is 17.5. The molecule has 0 fully saturated rings. The molecular formula is C12H20F2N5O13P3. The fourth-order valence-electron chi connectivity index (χ4n) is 2.48. The van der Waals surface area contributed by atoms with Crippen molar-refractivity contribution >= 4 is 40.6 Å². The zero-order valence-corrected chi connectivity index (χ0v) is 20.2. The standard InChI is InChI=1S/C12H20F2N5O13P3/c1-5(30-34(25,26)32-35(27,28)31-33(22,23)24)9(21)29-10(12(2,14)3-13)19-4-16-6-7(19)17-11(15)18-8(6)20/h4-5,9-10,21H,3H2,1-2H3,(H,25,26)(H,27,28)(H2,22,23,24)(H3,15,17,18,20)/t5-,9+,10+,12-/m0/s1. The van der Waals surface area contributed by atoms with Crippen LogP contribution in [0.1, 0.15) is 20.1 Å². The summed E-state index contributed by atoms with van der Waals surface area (Å²) in [6.07, 6.45) is -5.74. The van der Waals surface area contributed by atoms with Crippen LogP contribution in [0.5, 0.6) is 0 Å². The van der Waals surface area contributed by atoms with E-state index in [1.807, 2.05) is 0 Å². The van der Waals surface area contributed by atoms with E-state index in [0.717, 1.165) is 13.3 Å². The van der Waals surface area contributed by atoms with Gasteiger partial charge in [0.2, 0.25) is 5.95 Å². The Labute approximate surface area is 193 Å². The number of H-pyrrole nitrogens is 1. The highest BCUT2D eigenvalue weighted by Crippen LogP contribution is 2.66. The van der Waals surface area contributed by atoms with Gasteiger partial charge in [-0.3, -0.25) is 18.9 Å². The molecule has 0 aliphatic carbocycles. The molecular weight excluding hydrogens is 553 g/mol. The number of aromatic nitrogens is 4. The molecule has 0 amide bonds. The predicted octanol–water partition coefficient (Wildman–Crippen LogP) is -0.0351. The lowest BCUT2D eigenvalue weighted by Gasteiger charge is -2.32. The first-order valence-corrected chi connectivity index (χ1v) is 13.4. The van der Waals surface area contributed by atoms with Crippen molar-refractivity contribution < 1.29 is 65.0 Å². The van der Waals surface area contributed by atoms with E-state index in [2.05, 4.69) is 28.1 Å². The molecule has 6 atom stereocenters. The van der Waals surface area contributed by atoms with Crippen LogP contribution in [0, 0.1) is 0 Å². The van der Waals surface area contributed by atoms with Gasteiger partial charge < -0.3 is 35.2 Å². The van der Waals surface area contributed by atoms with Crippen LogP contribution >= 0.6 is 23.5 Å². The first kappa shape index (κ1) is 29.6. The van der Waals surface area contributed by atoms with Gasteiger partial charge in [0.1, 0.15) is 12.8 Å². The zero-order chi connectivity index (χ0) is 27.0. The maximum Gasteiger partial charge on any atom is 0.490 e. The van der Waals surface area contributed by atoms with Crippen LogP contribution in [-0.4, -0.2) is 68.9 Å². The van der Waals surface area contributed by atoms with Crippen molar-refractivity contribution in [2.45, 2.75) is 38.1 Å². The van der Waals surface area contributed by atoms with Gasteiger partial charge in [-0.15, -0.1) is 0 Å². The number of rotatable bonds is 12. The number of nitrogens with zero attached hydrogens (tertiary/aromatic N) is 3. The normalized spacial score (nSPS) is 20.5. The Bertz CT molecular complexity index is 1260. The number of nitrogens with two attached hydrogens (primary N) is 1. The second-order valence-electron chi connectivity index (χ2n) is 6.97. The van der Waals surface area contributed by atoms with E-state index in [1.54, 1.807) is 0 Å². The van der Waals surface area contributed by atoms with Crippen molar-refractivity contribution in [1.29, 1.82) is 0 Å². The van der Waals surface area contributed by atoms with Crippen molar-refractivity contribution in [3.63, 3.8) is 0 Å². The van der Waals surface area contributed by atoms with Crippen molar-refractivity contribution in [2.24, 2.45) is 0 Å². The first-order chi connectivity index (χ1) is 15.8. The molecule has 2 aromatic heterocycles. The Morgan fingerprint density at radius 3 is 2.37 bits per heavy atom. The number of phosphoric acid groups is 3. The number of halogens is 2. The van der Waals surface area contributed by atoms with Crippen molar-refractivity contribution in [1.82, 2.24) is 19.5 Å². The molecule has 0 aromatic carbocycles. The van der Waals surface area contributed by atoms with Gasteiger partial charge in [-0.1, -0.05) is 0 Å². The van der Waals surface area contributed by atoms with Crippen LogP contribution < -0.4 is 11.3 Å². The summed E-state index contributed by atoms with van der Waals surface area (Å²) in [5, 5.41) is 10.2. The van der Waals surface area contributed by atoms with E-state index >= 15 is 0 Å². The molecule has 2 unspecified atom stereocenters. The molecule has 18 nitrogen and oxygen atoms in total. The number of aromatic amines is 1. The summed E-state index contributed by atoms with van der Waals surface area (Å²) in [5.74, 6) is -0.426. The lowest BCUT2D eigenvalue weighted by molar-refractivity contribution is -0.232. The smallest absolute Gasteiger partial charge is 0.369 e. The molecule has 2 rings (SSSR count). The summed E-state index contributed by atoms with van der Waals surface area (Å²) >= 11 is 0. The Balaban J connectivity index is 2.29. The van der Waals surface area contributed by atoms with E-state index in [0.29, 0.717) is 11.5 Å². The number of hydrogen-bond acceptors (Lipinski definition) is 12. The number of hydrogen-bond donors (Lipinski definition) is 7. The average molecular weight is 573 g/mol. The molecule has 2 heterocycles. The number of nitrogens with one attached hydrogen (secondary N) is 1. The third-order valence-corrected chi connectivity index (χ3v) is 7.79. The number of alkyl halides is 2. The third kappa shape index (κ3) is 7.91. The third-order valence-electron chi connectivity index (χ3n) is 3.86. The van der Waals surface area contributed by atoms with Crippen LogP contribution in [0.25, 0.3) is 11.2 Å². The molecule has 0 saturated carbocycles. The lowest BCUT2D eigenvalue weighted by Crippen LogP contribution is -2.41. The summed E-state index contributed by atoms with van der Waals surface area (Å²) in [7, 11) is -17.2. The van der Waals surface area contributed by atoms with E-state index in [-0.39, 0.29) is 11.2 Å². The number of aliphatic hydroxyl groups excluding tert-OH is 1. The first-order valence-electron chi connectivity index (χ1n) is 8.90. The highest BCUT2D eigenvalue weighted by molar-refractivity contribution is 7.66. The van der Waals surface area contributed by atoms with Gasteiger partial charge in [0, 0.05) is 0 Å². The molecule has 0 spiro atoms. The molecule has 2 aromatic rings. The summed E-state index contributed by atoms with van der Waals surface area (Å²) in [4.78, 5) is 57.2. The van der Waals surface area contributed by atoms with Crippen LogP contribution in [0.15, 0.2) is 11.1 Å². The van der Waals surface area contributed by atoms with Crippen LogP contribution in [0.2, 0.25) is 0 Å². The predicted molar refractivity (Wildman–Crippen MR) is 109 cm³/mol. The van der Waals surface area contributed by atoms with Crippen molar-refractivity contribution in [2.75, 3.05) is 12.4 Å². The minimum atomic E-state index is -5.86. The minimum Gasteiger partial charge on any atom is -0.369 e. The molecule has 0 radical (unpaired) electrons. The van der Waals surface area contributed by atoms with E-state index in [4.69, 9.17) is 25.2 Å². The largest absolute Gasteiger partial charge is 0.490 e. The molecule has 0 saturated heterocycles. The molecule has 0 aliphatic heterocycles. The Morgan fingerprint density at radius 2 is 1.83 bits per heavy atom. The number of aliphatic hydroxyl groups is 1. The number of nitrogen functional groups attached to an aromatic ring is 1. The van der Waals surface area contributed by atoms with Crippen LogP contribution in [0.4, 0.5) is 14.7 Å². The SMILES string of the molecule is C[C@H](OP(=O)(O)OP(=O)(O)OP(=O)(O)O)[C@H](O)O[C@@H](n1cnc2c(=O)[nH]c(N)nc21)[C@@](C)(F)CF. The quantitative estimate of drug-likeness (QED) is 0.130. The van der Waals surface area contributed by atoms with Crippen molar-refractivity contribution in [3.05, 3.63) is 16.7 Å². The van der Waals surface area contributed by atoms with Gasteiger partial charge in [0.25, 0.3) is 5.56 Å². The number of imidazole rings is 1. The number of phosphoric ester groups is 1. The van der Waals surface area contributed by atoms with Crippen LogP contribution in [-0.2, 0) is 31.6 Å². The minimum absolute atomic E-state index is 0.363. The van der Waals surface area contributed by atoms with Gasteiger partial charge in [0.05, 0.1) is 6.33 Å². The van der Waals surface area contributed by atoms with E-state index in [9.17, 15) is 37.3 Å². The topological polar surface area (TPSA) is 279 Å². The molecule has 200 valence electrons. The Kier molecular flexibility index (Phi) is 8.76. The molecule has 23 heteroatoms. The summed E-state index contributed by atoms with van der Waals surface area (Å²) in [6.45, 7) is -0.204. The fraction of sp³-hybridized carbons (Fsp3) is 0.583. The Hall–Kier alpha value is -1.66. The fourth-order valence-corrected chi connectivity index (χ4v) is 5.67. The highest BCUT2D eigenvalue weighted by Gasteiger charge is 2.44. The van der Waals surface area contributed by atoms with Gasteiger partial charge >= 0.3 is 23.5 Å². The van der Waals surface area contributed by atoms with Gasteiger partial charge in [0.15, 0.2) is 29.4 Å². The molecule has 0 bridgehead atoms. The molecule has 0 aliphatic rings. The van der Waals surface area contributed by atoms with E-state index < -0.39 is 65.9 Å². The van der Waals surface area contributed by atoms with Gasteiger partial charge in [-0.2, -0.15) is 13.6 Å². The highest BCUT2D eigenvalue weighted by atomic mass is 31.3. The van der Waals surface area contributed by atoms with Crippen molar-refractivity contribution in [3.8, 4) is 0 Å². The monoisotopic (exact) mass is 573 g/mol. The number of ether oxygens (including phenoxy) is 1. The summed E-state index contributed by atoms with van der Waals surface area (Å²) in [5.41, 5.74) is 0.911. The maximum atomic E-state index is 15.0. The van der Waals surface area contributed by atoms with Crippen LogP contribution in [0.3, 0.4) is 0 Å².